The molecule has 4 rings (SSSR count). The van der Waals surface area contributed by atoms with Gasteiger partial charge in [0.25, 0.3) is 10.0 Å². The zero-order valence-electron chi connectivity index (χ0n) is 18.4. The minimum Gasteiger partial charge on any atom is -0.397 e. The molecule has 0 bridgehead atoms. The van der Waals surface area contributed by atoms with E-state index in [-0.39, 0.29) is 18.4 Å². The summed E-state index contributed by atoms with van der Waals surface area (Å²) < 4.78 is 26.7. The van der Waals surface area contributed by atoms with Gasteiger partial charge in [-0.15, -0.1) is 0 Å². The molecule has 5 N–H and O–H groups in total. The molecule has 0 saturated heterocycles. The molecule has 174 valence electrons. The van der Waals surface area contributed by atoms with Crippen LogP contribution in [-0.4, -0.2) is 29.6 Å². The number of amides is 1. The standard InChI is InChI=1S/C26H26N4O3S/c27-19-26(15-12-22(13-16-26)21-6-2-1-3-7-21)34(32,33)30-17-14-20(18-30)10-11-25(31)29-24-9-5-4-8-23(24)28/h1-18,22H,19,27-28H2,(H,29,31)/b11-10+. The number of nitrogen functional groups attached to an aromatic ring is 1. The van der Waals surface area contributed by atoms with E-state index in [1.54, 1.807) is 42.5 Å². The fraction of sp³-hybridized carbons (Fsp3) is 0.115. The second-order valence-electron chi connectivity index (χ2n) is 8.00. The van der Waals surface area contributed by atoms with E-state index in [1.807, 2.05) is 42.5 Å². The van der Waals surface area contributed by atoms with Gasteiger partial charge in [-0.25, -0.2) is 8.42 Å². The van der Waals surface area contributed by atoms with Crippen LogP contribution in [0, 0.1) is 0 Å². The first-order valence-corrected chi connectivity index (χ1v) is 12.2. The molecule has 3 aromatic rings. The smallest absolute Gasteiger partial charge is 0.252 e. The van der Waals surface area contributed by atoms with Crippen molar-refractivity contribution in [1.29, 1.82) is 0 Å². The molecule has 1 aliphatic rings. The highest BCUT2D eigenvalue weighted by Gasteiger charge is 2.41. The molecule has 7 nitrogen and oxygen atoms in total. The van der Waals surface area contributed by atoms with E-state index >= 15 is 0 Å². The van der Waals surface area contributed by atoms with E-state index in [9.17, 15) is 13.2 Å². The van der Waals surface area contributed by atoms with Gasteiger partial charge in [0.2, 0.25) is 5.91 Å². The van der Waals surface area contributed by atoms with Crippen LogP contribution >= 0.6 is 0 Å². The van der Waals surface area contributed by atoms with Crippen LogP contribution in [0.3, 0.4) is 0 Å². The molecule has 0 atom stereocenters. The van der Waals surface area contributed by atoms with E-state index in [1.165, 1.54) is 24.5 Å². The number of carbonyl (C=O) groups excluding carboxylic acids is 1. The summed E-state index contributed by atoms with van der Waals surface area (Å²) in [5, 5.41) is 2.69. The molecule has 0 saturated carbocycles. The number of nitrogens with zero attached hydrogens (tertiary/aromatic N) is 1. The molecule has 1 amide bonds. The molecule has 0 aliphatic heterocycles. The molecule has 1 aliphatic carbocycles. The number of hydrogen-bond donors (Lipinski definition) is 3. The first-order chi connectivity index (χ1) is 16.3. The van der Waals surface area contributed by atoms with Gasteiger partial charge in [-0.1, -0.05) is 66.8 Å². The number of aromatic nitrogens is 1. The van der Waals surface area contributed by atoms with Crippen LogP contribution in [0.5, 0.6) is 0 Å². The zero-order valence-corrected chi connectivity index (χ0v) is 19.2. The van der Waals surface area contributed by atoms with Crippen LogP contribution in [0.15, 0.2) is 103 Å². The number of allylic oxidation sites excluding steroid dienone is 2. The van der Waals surface area contributed by atoms with Crippen molar-refractivity contribution in [1.82, 2.24) is 3.97 Å². The number of carbonyl (C=O) groups is 1. The number of anilines is 2. The quantitative estimate of drug-likeness (QED) is 0.275. The van der Waals surface area contributed by atoms with Gasteiger partial charge in [0.1, 0.15) is 4.75 Å². The summed E-state index contributed by atoms with van der Waals surface area (Å²) in [5.74, 6) is -0.395. The van der Waals surface area contributed by atoms with Crippen molar-refractivity contribution < 1.29 is 13.2 Å². The maximum Gasteiger partial charge on any atom is 0.252 e. The van der Waals surface area contributed by atoms with Gasteiger partial charge in [0, 0.05) is 30.9 Å². The molecule has 8 heteroatoms. The zero-order chi connectivity index (χ0) is 24.2. The minimum atomic E-state index is -3.88. The fourth-order valence-electron chi connectivity index (χ4n) is 3.76. The highest BCUT2D eigenvalue weighted by atomic mass is 32.2. The third kappa shape index (κ3) is 4.59. The van der Waals surface area contributed by atoms with Crippen molar-refractivity contribution in [2.45, 2.75) is 10.7 Å². The number of benzene rings is 2. The predicted molar refractivity (Wildman–Crippen MR) is 137 cm³/mol. The lowest BCUT2D eigenvalue weighted by atomic mass is 9.90. The topological polar surface area (TPSA) is 120 Å². The van der Waals surface area contributed by atoms with Crippen molar-refractivity contribution in [3.8, 4) is 0 Å². The van der Waals surface area contributed by atoms with Gasteiger partial charge in [-0.05, 0) is 35.4 Å². The van der Waals surface area contributed by atoms with Crippen molar-refractivity contribution in [3.63, 3.8) is 0 Å². The highest BCUT2D eigenvalue weighted by Crippen LogP contribution is 2.32. The van der Waals surface area contributed by atoms with Crippen LogP contribution in [0.4, 0.5) is 11.4 Å². The SMILES string of the molecule is NCC1(S(=O)(=O)n2ccc(/C=C/C(=O)Nc3ccccc3N)c2)C=CC(c2ccccc2)C=C1. The molecule has 1 aromatic heterocycles. The number of nitrogens with one attached hydrogen (secondary N) is 1. The second-order valence-corrected chi connectivity index (χ2v) is 10.1. The Balaban J connectivity index is 1.50. The van der Waals surface area contributed by atoms with Gasteiger partial charge in [-0.3, -0.25) is 8.77 Å². The average Bonchev–Trinajstić information content (AvgIpc) is 3.35. The Kier molecular flexibility index (Phi) is 6.54. The molecule has 0 fully saturated rings. The molecule has 0 radical (unpaired) electrons. The number of rotatable bonds is 7. The summed E-state index contributed by atoms with van der Waals surface area (Å²) >= 11 is 0. The van der Waals surface area contributed by atoms with Crippen LogP contribution < -0.4 is 16.8 Å². The second kappa shape index (κ2) is 9.54. The molecule has 34 heavy (non-hydrogen) atoms. The summed E-state index contributed by atoms with van der Waals surface area (Å²) in [6, 6.07) is 18.4. The molecule has 2 aromatic carbocycles. The van der Waals surface area contributed by atoms with Gasteiger partial charge in [0.15, 0.2) is 0 Å². The van der Waals surface area contributed by atoms with Crippen LogP contribution in [0.2, 0.25) is 0 Å². The Morgan fingerprint density at radius 2 is 1.71 bits per heavy atom. The normalized spacial score (nSPS) is 20.0. The molecule has 0 spiro atoms. The Morgan fingerprint density at radius 1 is 1.03 bits per heavy atom. The Bertz CT molecular complexity index is 1360. The van der Waals surface area contributed by atoms with Crippen LogP contribution in [-0.2, 0) is 14.8 Å². The molecular formula is C26H26N4O3S. The Hall–Kier alpha value is -3.88. The maximum atomic E-state index is 13.5. The molecule has 1 heterocycles. The van der Waals surface area contributed by atoms with E-state index in [4.69, 9.17) is 11.5 Å². The summed E-state index contributed by atoms with van der Waals surface area (Å²) in [6.45, 7) is -0.103. The summed E-state index contributed by atoms with van der Waals surface area (Å²) in [4.78, 5) is 12.2. The van der Waals surface area contributed by atoms with Crippen molar-refractivity contribution in [2.75, 3.05) is 17.6 Å². The lowest BCUT2D eigenvalue weighted by molar-refractivity contribution is -0.111. The van der Waals surface area contributed by atoms with Crippen molar-refractivity contribution in [2.24, 2.45) is 5.73 Å². The maximum absolute atomic E-state index is 13.5. The highest BCUT2D eigenvalue weighted by molar-refractivity contribution is 7.91. The Labute approximate surface area is 199 Å². The first-order valence-electron chi connectivity index (χ1n) is 10.7. The number of hydrogen-bond acceptors (Lipinski definition) is 5. The third-order valence-corrected chi connectivity index (χ3v) is 7.95. The van der Waals surface area contributed by atoms with Gasteiger partial charge in [0.05, 0.1) is 11.4 Å². The molecule has 0 unspecified atom stereocenters. The van der Waals surface area contributed by atoms with Gasteiger partial charge in [-0.2, -0.15) is 0 Å². The van der Waals surface area contributed by atoms with Crippen molar-refractivity contribution >= 4 is 33.4 Å². The summed E-state index contributed by atoms with van der Waals surface area (Å²) in [5.41, 5.74) is 14.4. The van der Waals surface area contributed by atoms with E-state index in [2.05, 4.69) is 5.32 Å². The first kappa shape index (κ1) is 23.3. The van der Waals surface area contributed by atoms with Gasteiger partial charge < -0.3 is 16.8 Å². The molecular weight excluding hydrogens is 448 g/mol. The van der Waals surface area contributed by atoms with E-state index in [0.717, 1.165) is 9.54 Å². The number of nitrogens with two attached hydrogens (primary N) is 2. The van der Waals surface area contributed by atoms with Crippen molar-refractivity contribution in [3.05, 3.63) is 115 Å². The lowest BCUT2D eigenvalue weighted by Gasteiger charge is -2.29. The summed E-state index contributed by atoms with van der Waals surface area (Å²) in [7, 11) is -3.88. The predicted octanol–water partition coefficient (Wildman–Crippen LogP) is 3.51. The third-order valence-electron chi connectivity index (χ3n) is 5.77. The number of para-hydroxylation sites is 2. The fourth-order valence-corrected chi connectivity index (χ4v) is 5.34. The Morgan fingerprint density at radius 3 is 2.38 bits per heavy atom. The monoisotopic (exact) mass is 474 g/mol. The largest absolute Gasteiger partial charge is 0.397 e. The summed E-state index contributed by atoms with van der Waals surface area (Å²) in [6.07, 6.45) is 12.8. The minimum absolute atomic E-state index is 0.0172. The van der Waals surface area contributed by atoms with E-state index < -0.39 is 14.8 Å². The van der Waals surface area contributed by atoms with Gasteiger partial charge >= 0.3 is 0 Å². The van der Waals surface area contributed by atoms with Crippen LogP contribution in [0.25, 0.3) is 6.08 Å². The lowest BCUT2D eigenvalue weighted by Crippen LogP contribution is -2.45. The van der Waals surface area contributed by atoms with E-state index in [0.29, 0.717) is 16.9 Å². The average molecular weight is 475 g/mol. The van der Waals surface area contributed by atoms with Crippen LogP contribution in [0.1, 0.15) is 17.0 Å².